The van der Waals surface area contributed by atoms with Crippen LogP contribution in [-0.4, -0.2) is 62.4 Å². The lowest BCUT2D eigenvalue weighted by Crippen LogP contribution is -2.46. The minimum absolute atomic E-state index is 0.0850. The van der Waals surface area contributed by atoms with Crippen molar-refractivity contribution in [1.82, 2.24) is 4.90 Å². The number of aliphatic carboxylic acids is 1. The molecule has 1 heterocycles. The van der Waals surface area contributed by atoms with Crippen molar-refractivity contribution in [3.63, 3.8) is 0 Å². The van der Waals surface area contributed by atoms with E-state index in [1.807, 2.05) is 0 Å². The number of ether oxygens (including phenoxy) is 1. The van der Waals surface area contributed by atoms with Crippen LogP contribution in [0.4, 0.5) is 0 Å². The maximum absolute atomic E-state index is 12.7. The Morgan fingerprint density at radius 1 is 1.39 bits per heavy atom. The van der Waals surface area contributed by atoms with E-state index in [4.69, 9.17) is 9.84 Å². The van der Waals surface area contributed by atoms with Gasteiger partial charge in [0, 0.05) is 24.9 Å². The predicted molar refractivity (Wildman–Crippen MR) is 82.2 cm³/mol. The molecule has 1 aliphatic rings. The van der Waals surface area contributed by atoms with Crippen molar-refractivity contribution in [2.24, 2.45) is 0 Å². The van der Waals surface area contributed by atoms with Crippen LogP contribution in [0, 0.1) is 6.92 Å². The Morgan fingerprint density at radius 3 is 2.70 bits per heavy atom. The van der Waals surface area contributed by atoms with Gasteiger partial charge in [-0.2, -0.15) is 0 Å². The maximum atomic E-state index is 12.7. The zero-order chi connectivity index (χ0) is 17.2. The van der Waals surface area contributed by atoms with Gasteiger partial charge in [0.15, 0.2) is 9.84 Å². The first-order chi connectivity index (χ1) is 10.7. The Labute approximate surface area is 134 Å². The molecule has 0 radical (unpaired) electrons. The summed E-state index contributed by atoms with van der Waals surface area (Å²) in [5.41, 5.74) is 0.979. The normalized spacial score (nSPS) is 18.7. The molecule has 0 unspecified atom stereocenters. The van der Waals surface area contributed by atoms with E-state index in [1.54, 1.807) is 13.0 Å². The molecule has 1 atom stereocenters. The third kappa shape index (κ3) is 4.29. The van der Waals surface area contributed by atoms with E-state index in [0.717, 1.165) is 6.26 Å². The van der Waals surface area contributed by atoms with Gasteiger partial charge >= 0.3 is 5.97 Å². The second-order valence-corrected chi connectivity index (χ2v) is 7.61. The Morgan fingerprint density at radius 2 is 2.09 bits per heavy atom. The molecule has 1 fully saturated rings. The first-order valence-electron chi connectivity index (χ1n) is 7.12. The summed E-state index contributed by atoms with van der Waals surface area (Å²) in [6, 6.07) is 4.43. The summed E-state index contributed by atoms with van der Waals surface area (Å²) in [5.74, 6) is -1.30. The van der Waals surface area contributed by atoms with Crippen molar-refractivity contribution in [2.45, 2.75) is 24.3 Å². The van der Waals surface area contributed by atoms with Gasteiger partial charge in [-0.15, -0.1) is 0 Å². The molecule has 8 heteroatoms. The summed E-state index contributed by atoms with van der Waals surface area (Å²) >= 11 is 0. The van der Waals surface area contributed by atoms with Crippen LogP contribution in [-0.2, 0) is 19.4 Å². The number of rotatable bonds is 4. The van der Waals surface area contributed by atoms with Gasteiger partial charge in [0.1, 0.15) is 0 Å². The van der Waals surface area contributed by atoms with Gasteiger partial charge in [-0.05, 0) is 24.6 Å². The molecular formula is C15H19NO6S. The van der Waals surface area contributed by atoms with E-state index in [-0.39, 0.29) is 30.4 Å². The number of carboxylic acids is 1. The fourth-order valence-corrected chi connectivity index (χ4v) is 3.10. The van der Waals surface area contributed by atoms with E-state index in [1.165, 1.54) is 17.0 Å². The van der Waals surface area contributed by atoms with Crippen LogP contribution in [0.15, 0.2) is 23.1 Å². The van der Waals surface area contributed by atoms with Gasteiger partial charge < -0.3 is 14.7 Å². The lowest BCUT2D eigenvalue weighted by Gasteiger charge is -2.32. The number of hydrogen-bond acceptors (Lipinski definition) is 5. The molecule has 0 aliphatic carbocycles. The molecule has 1 aliphatic heterocycles. The van der Waals surface area contributed by atoms with Crippen molar-refractivity contribution in [1.29, 1.82) is 0 Å². The van der Waals surface area contributed by atoms with Crippen molar-refractivity contribution < 1.29 is 27.9 Å². The Kier molecular flexibility index (Phi) is 5.06. The number of nitrogens with zero attached hydrogens (tertiary/aromatic N) is 1. The zero-order valence-corrected chi connectivity index (χ0v) is 13.8. The largest absolute Gasteiger partial charge is 0.481 e. The second kappa shape index (κ2) is 6.67. The minimum atomic E-state index is -3.41. The number of benzene rings is 1. The lowest BCUT2D eigenvalue weighted by molar-refractivity contribution is -0.141. The van der Waals surface area contributed by atoms with Crippen LogP contribution in [0.5, 0.6) is 0 Å². The molecule has 1 saturated heterocycles. The fraction of sp³-hybridized carbons (Fsp3) is 0.467. The molecule has 1 aromatic rings. The van der Waals surface area contributed by atoms with Gasteiger partial charge in [-0.1, -0.05) is 6.07 Å². The topological polar surface area (TPSA) is 101 Å². The number of sulfone groups is 1. The molecular weight excluding hydrogens is 322 g/mol. The van der Waals surface area contributed by atoms with Crippen LogP contribution in [0.1, 0.15) is 22.3 Å². The van der Waals surface area contributed by atoms with Gasteiger partial charge in [-0.3, -0.25) is 9.59 Å². The molecule has 0 saturated carbocycles. The Bertz CT molecular complexity index is 727. The summed E-state index contributed by atoms with van der Waals surface area (Å²) < 4.78 is 28.7. The first kappa shape index (κ1) is 17.4. The highest BCUT2D eigenvalue weighted by molar-refractivity contribution is 7.90. The molecule has 7 nitrogen and oxygen atoms in total. The number of carbonyl (C=O) groups is 2. The van der Waals surface area contributed by atoms with Crippen molar-refractivity contribution in [3.8, 4) is 0 Å². The van der Waals surface area contributed by atoms with E-state index < -0.39 is 21.9 Å². The van der Waals surface area contributed by atoms with Crippen molar-refractivity contribution in [3.05, 3.63) is 29.3 Å². The van der Waals surface area contributed by atoms with E-state index in [0.29, 0.717) is 17.7 Å². The van der Waals surface area contributed by atoms with Crippen LogP contribution < -0.4 is 0 Å². The summed E-state index contributed by atoms with van der Waals surface area (Å²) in [5, 5.41) is 8.83. The minimum Gasteiger partial charge on any atom is -0.481 e. The second-order valence-electron chi connectivity index (χ2n) is 5.59. The van der Waals surface area contributed by atoms with Crippen molar-refractivity contribution in [2.75, 3.05) is 26.0 Å². The maximum Gasteiger partial charge on any atom is 0.306 e. The summed E-state index contributed by atoms with van der Waals surface area (Å²) in [6.07, 6.45) is 0.360. The quantitative estimate of drug-likeness (QED) is 0.866. The predicted octanol–water partition coefficient (Wildman–Crippen LogP) is 0.714. The molecule has 1 N–H and O–H groups in total. The highest BCUT2D eigenvalue weighted by Gasteiger charge is 2.27. The third-order valence-electron chi connectivity index (χ3n) is 3.70. The lowest BCUT2D eigenvalue weighted by atomic mass is 10.1. The Balaban J connectivity index is 2.24. The van der Waals surface area contributed by atoms with E-state index >= 15 is 0 Å². The SMILES string of the molecule is Cc1ccc(S(C)(=O)=O)cc1C(=O)N1CCO[C@@H](CC(=O)O)C1. The number of hydrogen-bond donors (Lipinski definition) is 1. The molecule has 2 rings (SSSR count). The summed E-state index contributed by atoms with van der Waals surface area (Å²) in [4.78, 5) is 25.0. The molecule has 1 aromatic carbocycles. The average molecular weight is 341 g/mol. The fourth-order valence-electron chi connectivity index (χ4n) is 2.45. The third-order valence-corrected chi connectivity index (χ3v) is 4.81. The molecule has 0 aromatic heterocycles. The molecule has 1 amide bonds. The molecule has 23 heavy (non-hydrogen) atoms. The molecule has 0 bridgehead atoms. The van der Waals surface area contributed by atoms with Gasteiger partial charge in [0.2, 0.25) is 0 Å². The number of carboxylic acid groups (broad SMARTS) is 1. The molecule has 126 valence electrons. The monoisotopic (exact) mass is 341 g/mol. The van der Waals surface area contributed by atoms with Crippen LogP contribution in [0.3, 0.4) is 0 Å². The van der Waals surface area contributed by atoms with Gasteiger partial charge in [0.05, 0.1) is 24.0 Å². The molecule has 0 spiro atoms. The average Bonchev–Trinajstić information content (AvgIpc) is 2.45. The highest BCUT2D eigenvalue weighted by atomic mass is 32.2. The van der Waals surface area contributed by atoms with Crippen LogP contribution >= 0.6 is 0 Å². The van der Waals surface area contributed by atoms with E-state index in [2.05, 4.69) is 0 Å². The van der Waals surface area contributed by atoms with Crippen LogP contribution in [0.25, 0.3) is 0 Å². The van der Waals surface area contributed by atoms with Crippen molar-refractivity contribution >= 4 is 21.7 Å². The summed E-state index contributed by atoms with van der Waals surface area (Å²) in [6.45, 7) is 2.51. The smallest absolute Gasteiger partial charge is 0.306 e. The van der Waals surface area contributed by atoms with E-state index in [9.17, 15) is 18.0 Å². The van der Waals surface area contributed by atoms with Gasteiger partial charge in [-0.25, -0.2) is 8.42 Å². The standard InChI is InChI=1S/C15H19NO6S/c1-10-3-4-12(23(2,20)21)8-13(10)15(19)16-5-6-22-11(9-16)7-14(17)18/h3-4,8,11H,5-7,9H2,1-2H3,(H,17,18)/t11-/m0/s1. The number of amides is 1. The number of carbonyl (C=O) groups excluding carboxylic acids is 1. The number of aryl methyl sites for hydroxylation is 1. The number of morpholine rings is 1. The van der Waals surface area contributed by atoms with Crippen LogP contribution in [0.2, 0.25) is 0 Å². The van der Waals surface area contributed by atoms with Gasteiger partial charge in [0.25, 0.3) is 5.91 Å². The Hall–Kier alpha value is -1.93. The first-order valence-corrected chi connectivity index (χ1v) is 9.01. The summed E-state index contributed by atoms with van der Waals surface area (Å²) in [7, 11) is -3.41. The highest BCUT2D eigenvalue weighted by Crippen LogP contribution is 2.19. The zero-order valence-electron chi connectivity index (χ0n) is 13.0.